The summed E-state index contributed by atoms with van der Waals surface area (Å²) >= 11 is 0. The normalized spacial score (nSPS) is 14.2. The number of nitrogens with zero attached hydrogens (tertiary/aromatic N) is 1. The highest BCUT2D eigenvalue weighted by Crippen LogP contribution is 2.38. The van der Waals surface area contributed by atoms with Crippen LogP contribution in [0.3, 0.4) is 0 Å². The number of unbranched alkanes of at least 4 members (excludes halogenated alkanes) is 29. The lowest BCUT2D eigenvalue weighted by Gasteiger charge is -2.30. The summed E-state index contributed by atoms with van der Waals surface area (Å²) in [6.07, 6.45) is 68.9. The number of hydrogen-bond acceptors (Lipinski definition) is 7. The Kier molecular flexibility index (Phi) is 52.0. The summed E-state index contributed by atoms with van der Waals surface area (Å²) < 4.78 is 30.3. The maximum absolute atomic E-state index is 13.5. The molecule has 1 N–H and O–H groups in total. The van der Waals surface area contributed by atoms with Crippen LogP contribution in [0, 0.1) is 0 Å². The third-order valence-corrected chi connectivity index (χ3v) is 14.4. The minimum atomic E-state index is -4.72. The van der Waals surface area contributed by atoms with Crippen LogP contribution >= 0.6 is 7.82 Å². The third-order valence-electron chi connectivity index (χ3n) is 13.4. The first kappa shape index (κ1) is 71.5. The molecule has 0 rings (SSSR count). The highest BCUT2D eigenvalue weighted by Gasteiger charge is 2.27. The van der Waals surface area contributed by atoms with Gasteiger partial charge in [0.15, 0.2) is 0 Å². The van der Waals surface area contributed by atoms with Crippen LogP contribution in [-0.2, 0) is 27.9 Å². The van der Waals surface area contributed by atoms with Gasteiger partial charge in [-0.3, -0.25) is 14.2 Å². The van der Waals surface area contributed by atoms with Crippen LogP contribution in [0.5, 0.6) is 0 Å². The first-order valence-electron chi connectivity index (χ1n) is 30.7. The molecule has 0 bridgehead atoms. The lowest BCUT2D eigenvalue weighted by molar-refractivity contribution is -0.870. The molecule has 3 unspecified atom stereocenters. The minimum Gasteiger partial charge on any atom is -0.756 e. The molecular weight excluding hydrogens is 940 g/mol. The highest BCUT2D eigenvalue weighted by atomic mass is 31.2. The molecule has 1 amide bonds. The number of esters is 1. The summed E-state index contributed by atoms with van der Waals surface area (Å²) in [6, 6.07) is -0.928. The molecule has 0 aliphatic carbocycles. The zero-order valence-corrected chi connectivity index (χ0v) is 49.9. The Morgan fingerprint density at radius 3 is 1.30 bits per heavy atom. The molecule has 0 fully saturated rings. The van der Waals surface area contributed by atoms with Crippen molar-refractivity contribution in [3.05, 3.63) is 72.9 Å². The third kappa shape index (κ3) is 54.2. The number of nitrogens with one attached hydrogen (secondary N) is 1. The smallest absolute Gasteiger partial charge is 0.306 e. The molecule has 430 valence electrons. The van der Waals surface area contributed by atoms with Crippen molar-refractivity contribution in [3.63, 3.8) is 0 Å². The SMILES string of the molecule is CC/C=C/C/C=C/C/C=C/C/C=C/C/C=C/CCC(=O)NC(COP(=O)([O-])OCC[N+](C)(C)C)C(/C=C/CCCCCCCCCCCCC)OC(=O)CCCCCCCCCCCCCCCCCCCCC. The number of rotatable bonds is 55. The molecule has 0 radical (unpaired) electrons. The molecule has 0 aliphatic rings. The van der Waals surface area contributed by atoms with Crippen molar-refractivity contribution in [3.8, 4) is 0 Å². The Morgan fingerprint density at radius 1 is 0.486 bits per heavy atom. The van der Waals surface area contributed by atoms with E-state index in [-0.39, 0.29) is 31.3 Å². The summed E-state index contributed by atoms with van der Waals surface area (Å²) in [5.41, 5.74) is 0. The Balaban J connectivity index is 5.37. The summed E-state index contributed by atoms with van der Waals surface area (Å²) in [4.78, 5) is 39.9. The zero-order chi connectivity index (χ0) is 54.3. The fourth-order valence-corrected chi connectivity index (χ4v) is 9.41. The van der Waals surface area contributed by atoms with Crippen LogP contribution in [0.15, 0.2) is 72.9 Å². The van der Waals surface area contributed by atoms with Crippen LogP contribution in [-0.4, -0.2) is 69.4 Å². The monoisotopic (exact) mass is 1060 g/mol. The van der Waals surface area contributed by atoms with Crippen LogP contribution in [0.4, 0.5) is 0 Å². The maximum Gasteiger partial charge on any atom is 0.306 e. The van der Waals surface area contributed by atoms with Crippen molar-refractivity contribution in [2.45, 2.75) is 283 Å². The number of phosphoric ester groups is 1. The second-order valence-electron chi connectivity index (χ2n) is 21.8. The number of quaternary nitrogens is 1. The number of phosphoric acid groups is 1. The molecule has 3 atom stereocenters. The van der Waals surface area contributed by atoms with E-state index in [1.165, 1.54) is 161 Å². The van der Waals surface area contributed by atoms with Crippen molar-refractivity contribution in [1.82, 2.24) is 5.32 Å². The molecule has 0 saturated carbocycles. The van der Waals surface area contributed by atoms with Gasteiger partial charge in [0, 0.05) is 12.8 Å². The molecule has 0 aromatic rings. The van der Waals surface area contributed by atoms with Gasteiger partial charge in [0.2, 0.25) is 5.91 Å². The molecule has 10 heteroatoms. The van der Waals surface area contributed by atoms with Crippen molar-refractivity contribution in [2.24, 2.45) is 0 Å². The van der Waals surface area contributed by atoms with E-state index in [9.17, 15) is 19.0 Å². The van der Waals surface area contributed by atoms with E-state index in [1.54, 1.807) is 0 Å². The number of carbonyl (C=O) groups excluding carboxylic acids is 2. The first-order valence-corrected chi connectivity index (χ1v) is 32.2. The van der Waals surface area contributed by atoms with Crippen molar-refractivity contribution >= 4 is 19.7 Å². The van der Waals surface area contributed by atoms with E-state index in [1.807, 2.05) is 45.4 Å². The standard InChI is InChI=1S/C64H117N2O7P/c1-7-10-13-16-19-22-25-28-30-32-33-34-36-39-42-45-48-51-54-57-64(68)73-62(55-52-49-46-43-40-37-27-24-21-18-15-12-9-3)61(60-72-74(69,70)71-59-58-66(4,5)6)65-63(67)56-53-50-47-44-41-38-35-31-29-26-23-20-17-14-11-8-2/h11,14,20,23,29,31,38,41,47,50,52,55,61-62H,7-10,12-13,15-19,21-22,24-28,30,32-37,39-40,42-46,48-49,51,53-54,56-60H2,1-6H3,(H-,65,67,69,70)/b14-11+,23-20+,31-29+,41-38+,50-47+,55-52+. The van der Waals surface area contributed by atoms with Gasteiger partial charge in [0.25, 0.3) is 7.82 Å². The summed E-state index contributed by atoms with van der Waals surface area (Å²) in [5.74, 6) is -0.631. The molecule has 0 aromatic carbocycles. The number of carbonyl (C=O) groups is 2. The Hall–Kier alpha value is -2.55. The van der Waals surface area contributed by atoms with Gasteiger partial charge in [0.1, 0.15) is 19.3 Å². The van der Waals surface area contributed by atoms with Gasteiger partial charge in [0.05, 0.1) is 33.8 Å². The van der Waals surface area contributed by atoms with E-state index >= 15 is 0 Å². The van der Waals surface area contributed by atoms with Crippen molar-refractivity contribution < 1.29 is 37.3 Å². The highest BCUT2D eigenvalue weighted by molar-refractivity contribution is 7.45. The number of hydrogen-bond donors (Lipinski definition) is 1. The van der Waals surface area contributed by atoms with Gasteiger partial charge in [-0.15, -0.1) is 0 Å². The summed E-state index contributed by atoms with van der Waals surface area (Å²) in [6.45, 7) is 6.69. The van der Waals surface area contributed by atoms with Crippen LogP contribution in [0.1, 0.15) is 271 Å². The Bertz CT molecular complexity index is 1500. The average molecular weight is 1060 g/mol. The maximum atomic E-state index is 13.5. The Morgan fingerprint density at radius 2 is 0.878 bits per heavy atom. The molecule has 0 saturated heterocycles. The van der Waals surface area contributed by atoms with Gasteiger partial charge in [-0.25, -0.2) is 0 Å². The average Bonchev–Trinajstić information content (AvgIpc) is 3.36. The van der Waals surface area contributed by atoms with Gasteiger partial charge in [-0.2, -0.15) is 0 Å². The molecular formula is C64H117N2O7P. The van der Waals surface area contributed by atoms with Gasteiger partial charge in [-0.05, 0) is 63.9 Å². The number of likely N-dealkylation sites (N-methyl/N-ethyl adjacent to an activating group) is 1. The second kappa shape index (κ2) is 53.8. The van der Waals surface area contributed by atoms with Crippen molar-refractivity contribution in [1.29, 1.82) is 0 Å². The summed E-state index contributed by atoms with van der Waals surface area (Å²) in [7, 11) is 1.14. The molecule has 0 heterocycles. The van der Waals surface area contributed by atoms with Crippen LogP contribution in [0.2, 0.25) is 0 Å². The molecule has 74 heavy (non-hydrogen) atoms. The van der Waals surface area contributed by atoms with Crippen LogP contribution in [0.25, 0.3) is 0 Å². The van der Waals surface area contributed by atoms with E-state index < -0.39 is 26.6 Å². The topological polar surface area (TPSA) is 114 Å². The molecule has 0 aliphatic heterocycles. The zero-order valence-electron chi connectivity index (χ0n) is 49.0. The van der Waals surface area contributed by atoms with Crippen molar-refractivity contribution in [2.75, 3.05) is 40.9 Å². The first-order chi connectivity index (χ1) is 35.9. The van der Waals surface area contributed by atoms with E-state index in [2.05, 4.69) is 74.7 Å². The summed E-state index contributed by atoms with van der Waals surface area (Å²) in [5, 5.41) is 2.98. The lowest BCUT2D eigenvalue weighted by atomic mass is 10.0. The predicted molar refractivity (Wildman–Crippen MR) is 316 cm³/mol. The molecule has 0 aromatic heterocycles. The van der Waals surface area contributed by atoms with Gasteiger partial charge >= 0.3 is 5.97 Å². The largest absolute Gasteiger partial charge is 0.756 e. The van der Waals surface area contributed by atoms with E-state index in [0.29, 0.717) is 17.4 Å². The molecule has 9 nitrogen and oxygen atoms in total. The lowest BCUT2D eigenvalue weighted by Crippen LogP contribution is -2.47. The fourth-order valence-electron chi connectivity index (χ4n) is 8.69. The van der Waals surface area contributed by atoms with Gasteiger partial charge < -0.3 is 28.5 Å². The second-order valence-corrected chi connectivity index (χ2v) is 23.2. The molecule has 0 spiro atoms. The number of ether oxygens (including phenoxy) is 1. The van der Waals surface area contributed by atoms with E-state index in [4.69, 9.17) is 13.8 Å². The van der Waals surface area contributed by atoms with Gasteiger partial charge in [-0.1, -0.05) is 267 Å². The number of allylic oxidation sites excluding steroid dienone is 11. The number of amides is 1. The fraction of sp³-hybridized carbons (Fsp3) is 0.781. The Labute approximate surface area is 457 Å². The minimum absolute atomic E-state index is 0.0364. The van der Waals surface area contributed by atoms with E-state index in [0.717, 1.165) is 70.6 Å². The predicted octanol–water partition coefficient (Wildman–Crippen LogP) is 18.2. The van der Waals surface area contributed by atoms with Crippen LogP contribution < -0.4 is 10.2 Å². The quantitative estimate of drug-likeness (QED) is 0.0212.